The van der Waals surface area contributed by atoms with E-state index >= 15 is 0 Å². The van der Waals surface area contributed by atoms with Gasteiger partial charge in [0, 0.05) is 19.5 Å². The number of terminal acetylenes is 1. The average molecular weight is 153 g/mol. The summed E-state index contributed by atoms with van der Waals surface area (Å²) < 4.78 is 0. The van der Waals surface area contributed by atoms with Crippen LogP contribution in [0.4, 0.5) is 0 Å². The number of amides is 1. The summed E-state index contributed by atoms with van der Waals surface area (Å²) in [4.78, 5) is 12.7. The highest BCUT2D eigenvalue weighted by Gasteiger charge is 2.48. The van der Waals surface area contributed by atoms with Crippen molar-refractivity contribution in [2.45, 2.75) is 12.5 Å². The standard InChI is InChI=1S/C8H11NO2/c1-4-8(11)6(2)5-9(3)7(8)10/h1,6,11H,5H2,2-3H3. The second-order valence-corrected chi connectivity index (χ2v) is 3.00. The maximum absolute atomic E-state index is 11.2. The van der Waals surface area contributed by atoms with E-state index in [1.54, 1.807) is 14.0 Å². The Labute approximate surface area is 66.0 Å². The predicted molar refractivity (Wildman–Crippen MR) is 40.6 cm³/mol. The van der Waals surface area contributed by atoms with E-state index in [4.69, 9.17) is 6.42 Å². The number of nitrogens with zero attached hydrogens (tertiary/aromatic N) is 1. The van der Waals surface area contributed by atoms with Crippen LogP contribution in [0, 0.1) is 18.3 Å². The average Bonchev–Trinajstić information content (AvgIpc) is 2.16. The molecule has 2 atom stereocenters. The van der Waals surface area contributed by atoms with Gasteiger partial charge in [-0.3, -0.25) is 4.79 Å². The third-order valence-electron chi connectivity index (χ3n) is 2.15. The maximum atomic E-state index is 11.2. The lowest BCUT2D eigenvalue weighted by Gasteiger charge is -2.16. The lowest BCUT2D eigenvalue weighted by atomic mass is 9.93. The molecule has 0 saturated carbocycles. The summed E-state index contributed by atoms with van der Waals surface area (Å²) >= 11 is 0. The van der Waals surface area contributed by atoms with Crippen molar-refractivity contribution in [2.24, 2.45) is 5.92 Å². The van der Waals surface area contributed by atoms with Crippen LogP contribution in [0.15, 0.2) is 0 Å². The Kier molecular flexibility index (Phi) is 1.65. The predicted octanol–water partition coefficient (Wildman–Crippen LogP) is -0.541. The van der Waals surface area contributed by atoms with E-state index in [1.165, 1.54) is 4.90 Å². The first kappa shape index (κ1) is 8.09. The molecule has 0 aromatic heterocycles. The molecule has 2 unspecified atom stereocenters. The molecule has 1 aliphatic heterocycles. The Bertz CT molecular complexity index is 231. The number of likely N-dealkylation sites (N-methyl/N-ethyl adjacent to an activating group) is 1. The lowest BCUT2D eigenvalue weighted by molar-refractivity contribution is -0.138. The molecule has 0 aromatic carbocycles. The van der Waals surface area contributed by atoms with Gasteiger partial charge in [0.15, 0.2) is 0 Å². The molecule has 3 nitrogen and oxygen atoms in total. The molecule has 60 valence electrons. The van der Waals surface area contributed by atoms with Crippen molar-refractivity contribution in [1.82, 2.24) is 4.90 Å². The summed E-state index contributed by atoms with van der Waals surface area (Å²) in [5, 5.41) is 9.58. The zero-order valence-electron chi connectivity index (χ0n) is 6.66. The minimum absolute atomic E-state index is 0.176. The van der Waals surface area contributed by atoms with Crippen molar-refractivity contribution >= 4 is 5.91 Å². The molecule has 1 heterocycles. The van der Waals surface area contributed by atoms with Gasteiger partial charge in [-0.15, -0.1) is 6.42 Å². The minimum atomic E-state index is -1.56. The van der Waals surface area contributed by atoms with E-state index in [-0.39, 0.29) is 11.8 Å². The topological polar surface area (TPSA) is 40.5 Å². The quantitative estimate of drug-likeness (QED) is 0.475. The fourth-order valence-electron chi connectivity index (χ4n) is 1.33. The van der Waals surface area contributed by atoms with Crippen molar-refractivity contribution in [2.75, 3.05) is 13.6 Å². The van der Waals surface area contributed by atoms with Crippen LogP contribution in [0.2, 0.25) is 0 Å². The number of aliphatic hydroxyl groups is 1. The fraction of sp³-hybridized carbons (Fsp3) is 0.625. The van der Waals surface area contributed by atoms with E-state index in [1.807, 2.05) is 0 Å². The number of hydrogen-bond acceptors (Lipinski definition) is 2. The Balaban J connectivity index is 2.99. The molecular weight excluding hydrogens is 142 g/mol. The van der Waals surface area contributed by atoms with Crippen LogP contribution in [0.25, 0.3) is 0 Å². The summed E-state index contributed by atoms with van der Waals surface area (Å²) in [5.74, 6) is 1.59. The summed E-state index contributed by atoms with van der Waals surface area (Å²) in [6.45, 7) is 2.29. The van der Waals surface area contributed by atoms with Gasteiger partial charge in [0.1, 0.15) is 0 Å². The van der Waals surface area contributed by atoms with E-state index in [2.05, 4.69) is 5.92 Å². The number of rotatable bonds is 0. The second-order valence-electron chi connectivity index (χ2n) is 3.00. The first-order valence-electron chi connectivity index (χ1n) is 3.48. The molecule has 1 amide bonds. The lowest BCUT2D eigenvalue weighted by Crippen LogP contribution is -2.40. The molecule has 0 bridgehead atoms. The third-order valence-corrected chi connectivity index (χ3v) is 2.15. The van der Waals surface area contributed by atoms with Gasteiger partial charge in [-0.2, -0.15) is 0 Å². The zero-order valence-corrected chi connectivity index (χ0v) is 6.66. The number of carbonyl (C=O) groups is 1. The van der Waals surface area contributed by atoms with Crippen LogP contribution in [0.3, 0.4) is 0 Å². The number of hydrogen-bond donors (Lipinski definition) is 1. The van der Waals surface area contributed by atoms with Gasteiger partial charge in [0.25, 0.3) is 5.91 Å². The highest BCUT2D eigenvalue weighted by molar-refractivity contribution is 5.90. The van der Waals surface area contributed by atoms with E-state index in [9.17, 15) is 9.90 Å². The smallest absolute Gasteiger partial charge is 0.267 e. The van der Waals surface area contributed by atoms with Crippen molar-refractivity contribution < 1.29 is 9.90 Å². The number of carbonyl (C=O) groups excluding carboxylic acids is 1. The fourth-order valence-corrected chi connectivity index (χ4v) is 1.33. The molecule has 11 heavy (non-hydrogen) atoms. The van der Waals surface area contributed by atoms with Crippen LogP contribution in [-0.4, -0.2) is 35.1 Å². The van der Waals surface area contributed by atoms with Crippen molar-refractivity contribution in [3.63, 3.8) is 0 Å². The molecule has 0 radical (unpaired) electrons. The van der Waals surface area contributed by atoms with E-state index in [0.717, 1.165) is 0 Å². The van der Waals surface area contributed by atoms with Crippen LogP contribution >= 0.6 is 0 Å². The SMILES string of the molecule is C#CC1(O)C(=O)N(C)CC1C. The van der Waals surface area contributed by atoms with Crippen LogP contribution in [0.1, 0.15) is 6.92 Å². The highest BCUT2D eigenvalue weighted by Crippen LogP contribution is 2.26. The van der Waals surface area contributed by atoms with Crippen molar-refractivity contribution in [3.05, 3.63) is 0 Å². The molecule has 1 fully saturated rings. The molecular formula is C8H11NO2. The largest absolute Gasteiger partial charge is 0.369 e. The Hall–Kier alpha value is -1.01. The first-order valence-corrected chi connectivity index (χ1v) is 3.48. The van der Waals surface area contributed by atoms with Crippen LogP contribution in [-0.2, 0) is 4.79 Å². The molecule has 3 heteroatoms. The zero-order chi connectivity index (χ0) is 8.65. The van der Waals surface area contributed by atoms with Gasteiger partial charge in [0.05, 0.1) is 0 Å². The Morgan fingerprint density at radius 1 is 1.91 bits per heavy atom. The molecule has 0 spiro atoms. The van der Waals surface area contributed by atoms with E-state index < -0.39 is 5.60 Å². The van der Waals surface area contributed by atoms with Gasteiger partial charge >= 0.3 is 0 Å². The Morgan fingerprint density at radius 3 is 2.64 bits per heavy atom. The minimum Gasteiger partial charge on any atom is -0.369 e. The van der Waals surface area contributed by atoms with Crippen LogP contribution < -0.4 is 0 Å². The van der Waals surface area contributed by atoms with E-state index in [0.29, 0.717) is 6.54 Å². The van der Waals surface area contributed by atoms with Gasteiger partial charge in [-0.1, -0.05) is 12.8 Å². The summed E-state index contributed by atoms with van der Waals surface area (Å²) in [7, 11) is 1.63. The number of likely N-dealkylation sites (tertiary alicyclic amines) is 1. The second kappa shape index (κ2) is 2.24. The summed E-state index contributed by atoms with van der Waals surface area (Å²) in [6, 6.07) is 0. The van der Waals surface area contributed by atoms with Gasteiger partial charge in [-0.25, -0.2) is 0 Å². The van der Waals surface area contributed by atoms with Gasteiger partial charge < -0.3 is 10.0 Å². The maximum Gasteiger partial charge on any atom is 0.267 e. The summed E-state index contributed by atoms with van der Waals surface area (Å²) in [5.41, 5.74) is -1.56. The third kappa shape index (κ3) is 0.908. The van der Waals surface area contributed by atoms with Crippen molar-refractivity contribution in [1.29, 1.82) is 0 Å². The highest BCUT2D eigenvalue weighted by atomic mass is 16.3. The van der Waals surface area contributed by atoms with Crippen molar-refractivity contribution in [3.8, 4) is 12.3 Å². The molecule has 0 aromatic rings. The van der Waals surface area contributed by atoms with Crippen LogP contribution in [0.5, 0.6) is 0 Å². The summed E-state index contributed by atoms with van der Waals surface area (Å²) in [6.07, 6.45) is 5.06. The molecule has 0 aliphatic carbocycles. The van der Waals surface area contributed by atoms with Gasteiger partial charge in [-0.05, 0) is 0 Å². The normalized spacial score (nSPS) is 37.5. The van der Waals surface area contributed by atoms with Gasteiger partial charge in [0.2, 0.25) is 5.60 Å². The molecule has 1 rings (SSSR count). The Morgan fingerprint density at radius 2 is 2.45 bits per heavy atom. The molecule has 1 aliphatic rings. The molecule has 1 saturated heterocycles. The monoisotopic (exact) mass is 153 g/mol. The molecule has 1 N–H and O–H groups in total. The first-order chi connectivity index (χ1) is 5.02.